The molecule has 0 saturated heterocycles. The molecule has 0 unspecified atom stereocenters. The van der Waals surface area contributed by atoms with Crippen LogP contribution in [0.2, 0.25) is 0 Å². The number of nitrogens with zero attached hydrogens (tertiary/aromatic N) is 2. The normalized spacial score (nSPS) is 10.8. The molecule has 0 heterocycles. The molecule has 0 bridgehead atoms. The van der Waals surface area contributed by atoms with Crippen molar-refractivity contribution in [3.63, 3.8) is 0 Å². The molecule has 2 rings (SSSR count). The first-order valence-electron chi connectivity index (χ1n) is 6.79. The Bertz CT molecular complexity index is 817. The first-order valence-corrected chi connectivity index (χ1v) is 9.02. The maximum atomic E-state index is 12.9. The smallest absolute Gasteiger partial charge is 0.264 e. The van der Waals surface area contributed by atoms with Gasteiger partial charge in [-0.15, -0.1) is 0 Å². The molecule has 0 radical (unpaired) electrons. The maximum absolute atomic E-state index is 12.9. The first-order chi connectivity index (χ1) is 11.0. The Balaban J connectivity index is 2.48. The molecule has 0 atom stereocenters. The number of hydrogen-bond donors (Lipinski definition) is 0. The van der Waals surface area contributed by atoms with Gasteiger partial charge in [0.25, 0.3) is 10.0 Å². The molecule has 0 saturated carbocycles. The Morgan fingerprint density at radius 2 is 1.91 bits per heavy atom. The molecule has 2 aromatic carbocycles. The standard InChI is InChI=1S/C16H15BrN2O3S/c1-22-16-9-8-14(12-15(16)17)23(20,21)19(11-5-10-18)13-6-3-2-4-7-13/h2-4,6-9,12H,5,11H2,1H3. The fourth-order valence-electron chi connectivity index (χ4n) is 2.07. The molecule has 7 heteroatoms. The summed E-state index contributed by atoms with van der Waals surface area (Å²) in [5, 5.41) is 8.82. The Hall–Kier alpha value is -2.04. The van der Waals surface area contributed by atoms with E-state index in [0.29, 0.717) is 15.9 Å². The largest absolute Gasteiger partial charge is 0.496 e. The maximum Gasteiger partial charge on any atom is 0.264 e. The fourth-order valence-corrected chi connectivity index (χ4v) is 4.25. The van der Waals surface area contributed by atoms with Gasteiger partial charge >= 0.3 is 0 Å². The van der Waals surface area contributed by atoms with E-state index in [0.717, 1.165) is 0 Å². The van der Waals surface area contributed by atoms with Crippen LogP contribution in [0.5, 0.6) is 5.75 Å². The van der Waals surface area contributed by atoms with Crippen molar-refractivity contribution in [3.8, 4) is 11.8 Å². The van der Waals surface area contributed by atoms with Crippen LogP contribution in [0.1, 0.15) is 6.42 Å². The number of para-hydroxylation sites is 1. The number of sulfonamides is 1. The lowest BCUT2D eigenvalue weighted by atomic mass is 10.3. The molecular formula is C16H15BrN2O3S. The lowest BCUT2D eigenvalue weighted by Gasteiger charge is -2.23. The van der Waals surface area contributed by atoms with Gasteiger partial charge in [0, 0.05) is 6.54 Å². The van der Waals surface area contributed by atoms with E-state index in [1.807, 2.05) is 12.1 Å². The van der Waals surface area contributed by atoms with Crippen LogP contribution < -0.4 is 9.04 Å². The molecule has 0 aliphatic heterocycles. The average molecular weight is 395 g/mol. The highest BCUT2D eigenvalue weighted by Crippen LogP contribution is 2.30. The van der Waals surface area contributed by atoms with Gasteiger partial charge in [-0.05, 0) is 46.3 Å². The third-order valence-electron chi connectivity index (χ3n) is 3.18. The number of rotatable bonds is 6. The molecule has 0 amide bonds. The van der Waals surface area contributed by atoms with E-state index in [2.05, 4.69) is 15.9 Å². The molecule has 0 aromatic heterocycles. The zero-order chi connectivity index (χ0) is 16.9. The topological polar surface area (TPSA) is 70.4 Å². The first kappa shape index (κ1) is 17.3. The van der Waals surface area contributed by atoms with Gasteiger partial charge in [-0.1, -0.05) is 18.2 Å². The van der Waals surface area contributed by atoms with E-state index >= 15 is 0 Å². The second-order valence-electron chi connectivity index (χ2n) is 4.62. The third-order valence-corrected chi connectivity index (χ3v) is 5.63. The minimum Gasteiger partial charge on any atom is -0.496 e. The summed E-state index contributed by atoms with van der Waals surface area (Å²) < 4.78 is 32.8. The molecule has 120 valence electrons. The number of benzene rings is 2. The van der Waals surface area contributed by atoms with Gasteiger partial charge in [0.1, 0.15) is 5.75 Å². The zero-order valence-corrected chi connectivity index (χ0v) is 14.8. The Kier molecular flexibility index (Phi) is 5.64. The van der Waals surface area contributed by atoms with E-state index < -0.39 is 10.0 Å². The molecule has 0 spiro atoms. The van der Waals surface area contributed by atoms with Crippen molar-refractivity contribution < 1.29 is 13.2 Å². The van der Waals surface area contributed by atoms with Crippen molar-refractivity contribution in [1.29, 1.82) is 5.26 Å². The summed E-state index contributed by atoms with van der Waals surface area (Å²) in [7, 11) is -2.27. The van der Waals surface area contributed by atoms with E-state index in [1.165, 1.54) is 23.5 Å². The number of methoxy groups -OCH3 is 1. The SMILES string of the molecule is COc1ccc(S(=O)(=O)N(CCC#N)c2ccccc2)cc1Br. The Morgan fingerprint density at radius 1 is 1.22 bits per heavy atom. The molecule has 23 heavy (non-hydrogen) atoms. The molecule has 2 aromatic rings. The third kappa shape index (κ3) is 3.84. The van der Waals surface area contributed by atoms with Crippen molar-refractivity contribution in [2.75, 3.05) is 18.0 Å². The fraction of sp³-hybridized carbons (Fsp3) is 0.188. The summed E-state index contributed by atoms with van der Waals surface area (Å²) in [6.07, 6.45) is 0.103. The number of hydrogen-bond acceptors (Lipinski definition) is 4. The van der Waals surface area contributed by atoms with Crippen LogP contribution in [0, 0.1) is 11.3 Å². The van der Waals surface area contributed by atoms with Crippen LogP contribution >= 0.6 is 15.9 Å². The second-order valence-corrected chi connectivity index (χ2v) is 7.33. The highest BCUT2D eigenvalue weighted by atomic mass is 79.9. The number of halogens is 1. The highest BCUT2D eigenvalue weighted by molar-refractivity contribution is 9.10. The van der Waals surface area contributed by atoms with Crippen molar-refractivity contribution in [2.45, 2.75) is 11.3 Å². The van der Waals surface area contributed by atoms with Crippen molar-refractivity contribution in [3.05, 3.63) is 53.0 Å². The minimum absolute atomic E-state index is 0.0898. The summed E-state index contributed by atoms with van der Waals surface area (Å²) in [5.41, 5.74) is 0.523. The van der Waals surface area contributed by atoms with Gasteiger partial charge in [0.2, 0.25) is 0 Å². The Labute approximate surface area is 144 Å². The predicted octanol–water partition coefficient (Wildman–Crippen LogP) is 3.57. The minimum atomic E-state index is -3.78. The predicted molar refractivity (Wildman–Crippen MR) is 91.9 cm³/mol. The van der Waals surface area contributed by atoms with Crippen molar-refractivity contribution >= 4 is 31.6 Å². The van der Waals surface area contributed by atoms with Gasteiger partial charge < -0.3 is 4.74 Å². The van der Waals surface area contributed by atoms with Gasteiger partial charge in [-0.2, -0.15) is 5.26 Å². The summed E-state index contributed by atoms with van der Waals surface area (Å²) in [6, 6.07) is 15.3. The van der Waals surface area contributed by atoms with Crippen LogP contribution in [-0.4, -0.2) is 22.1 Å². The van der Waals surface area contributed by atoms with E-state index in [1.54, 1.807) is 30.3 Å². The van der Waals surface area contributed by atoms with Crippen LogP contribution in [-0.2, 0) is 10.0 Å². The monoisotopic (exact) mass is 394 g/mol. The van der Waals surface area contributed by atoms with Gasteiger partial charge in [-0.25, -0.2) is 8.42 Å². The van der Waals surface area contributed by atoms with Crippen LogP contribution in [0.4, 0.5) is 5.69 Å². The molecule has 0 N–H and O–H groups in total. The van der Waals surface area contributed by atoms with E-state index in [-0.39, 0.29) is 17.9 Å². The number of nitriles is 1. The van der Waals surface area contributed by atoms with Crippen LogP contribution in [0.15, 0.2) is 57.9 Å². The molecular weight excluding hydrogens is 380 g/mol. The average Bonchev–Trinajstić information content (AvgIpc) is 2.56. The highest BCUT2D eigenvalue weighted by Gasteiger charge is 2.25. The molecule has 0 fully saturated rings. The lowest BCUT2D eigenvalue weighted by Crippen LogP contribution is -2.31. The van der Waals surface area contributed by atoms with Gasteiger partial charge in [0.15, 0.2) is 0 Å². The summed E-state index contributed by atoms with van der Waals surface area (Å²) >= 11 is 3.30. The number of ether oxygens (including phenoxy) is 1. The zero-order valence-electron chi connectivity index (χ0n) is 12.4. The lowest BCUT2D eigenvalue weighted by molar-refractivity contribution is 0.411. The van der Waals surface area contributed by atoms with E-state index in [4.69, 9.17) is 10.00 Å². The van der Waals surface area contributed by atoms with Crippen LogP contribution in [0.3, 0.4) is 0 Å². The Morgan fingerprint density at radius 3 is 2.48 bits per heavy atom. The van der Waals surface area contributed by atoms with Crippen molar-refractivity contribution in [1.82, 2.24) is 0 Å². The second kappa shape index (κ2) is 7.49. The van der Waals surface area contributed by atoms with Crippen molar-refractivity contribution in [2.24, 2.45) is 0 Å². The summed E-state index contributed by atoms with van der Waals surface area (Å²) in [4.78, 5) is 0.131. The van der Waals surface area contributed by atoms with Crippen LogP contribution in [0.25, 0.3) is 0 Å². The van der Waals surface area contributed by atoms with E-state index in [9.17, 15) is 8.42 Å². The molecule has 0 aliphatic carbocycles. The quantitative estimate of drug-likeness (QED) is 0.750. The summed E-state index contributed by atoms with van der Waals surface area (Å²) in [6.45, 7) is 0.0898. The molecule has 5 nitrogen and oxygen atoms in total. The summed E-state index contributed by atoms with van der Waals surface area (Å²) in [5.74, 6) is 0.548. The molecule has 0 aliphatic rings. The van der Waals surface area contributed by atoms with Gasteiger partial charge in [-0.3, -0.25) is 4.31 Å². The number of anilines is 1. The van der Waals surface area contributed by atoms with Gasteiger partial charge in [0.05, 0.1) is 34.7 Å².